The van der Waals surface area contributed by atoms with E-state index in [1.807, 2.05) is 0 Å². The highest BCUT2D eigenvalue weighted by Gasteiger charge is 2.60. The molecule has 0 spiro atoms. The molecule has 0 aliphatic rings. The Morgan fingerprint density at radius 3 is 2.45 bits per heavy atom. The Labute approximate surface area is 129 Å². The van der Waals surface area contributed by atoms with Crippen molar-refractivity contribution in [2.45, 2.75) is 18.0 Å². The molecule has 11 heteroatoms. The van der Waals surface area contributed by atoms with Crippen LogP contribution in [0.25, 0.3) is 0 Å². The van der Waals surface area contributed by atoms with Crippen molar-refractivity contribution in [3.63, 3.8) is 0 Å². The summed E-state index contributed by atoms with van der Waals surface area (Å²) in [7, 11) is 0. The molecule has 0 amide bonds. The van der Waals surface area contributed by atoms with E-state index in [0.29, 0.717) is 16.7 Å². The molecule has 0 aliphatic carbocycles. The monoisotopic (exact) mass is 354 g/mol. The SMILES string of the molecule is N#CC(c1ccnc(Cl)n1)c1nc(C(F)(F)C(F)(F)F)cs1. The van der Waals surface area contributed by atoms with Crippen LogP contribution in [-0.2, 0) is 5.92 Å². The van der Waals surface area contributed by atoms with Crippen molar-refractivity contribution < 1.29 is 22.0 Å². The minimum atomic E-state index is -5.77. The Kier molecular flexibility index (Phi) is 4.30. The first-order valence-electron chi connectivity index (χ1n) is 5.45. The maximum absolute atomic E-state index is 13.2. The van der Waals surface area contributed by atoms with Crippen LogP contribution >= 0.6 is 22.9 Å². The van der Waals surface area contributed by atoms with Crippen LogP contribution in [0.15, 0.2) is 17.6 Å². The summed E-state index contributed by atoms with van der Waals surface area (Å²) in [4.78, 5) is 10.6. The molecule has 22 heavy (non-hydrogen) atoms. The second kappa shape index (κ2) is 5.73. The van der Waals surface area contributed by atoms with Gasteiger partial charge in [0.1, 0.15) is 16.6 Å². The van der Waals surface area contributed by atoms with Crippen molar-refractivity contribution in [3.8, 4) is 6.07 Å². The van der Waals surface area contributed by atoms with Crippen LogP contribution in [0.3, 0.4) is 0 Å². The fraction of sp³-hybridized carbons (Fsp3) is 0.273. The number of nitrogens with zero attached hydrogens (tertiary/aromatic N) is 4. The van der Waals surface area contributed by atoms with Gasteiger partial charge in [-0.3, -0.25) is 0 Å². The topological polar surface area (TPSA) is 62.5 Å². The third kappa shape index (κ3) is 3.00. The first kappa shape index (κ1) is 16.5. The van der Waals surface area contributed by atoms with Crippen LogP contribution in [0.1, 0.15) is 22.3 Å². The van der Waals surface area contributed by atoms with E-state index in [-0.39, 0.29) is 16.0 Å². The lowest BCUT2D eigenvalue weighted by Gasteiger charge is -2.17. The molecule has 0 fully saturated rings. The smallest absolute Gasteiger partial charge is 0.238 e. The van der Waals surface area contributed by atoms with Gasteiger partial charge in [0.2, 0.25) is 5.28 Å². The molecule has 2 heterocycles. The zero-order chi connectivity index (χ0) is 16.5. The predicted molar refractivity (Wildman–Crippen MR) is 66.6 cm³/mol. The van der Waals surface area contributed by atoms with Crippen LogP contribution in [0, 0.1) is 11.3 Å². The number of aromatic nitrogens is 3. The van der Waals surface area contributed by atoms with Crippen molar-refractivity contribution in [2.24, 2.45) is 0 Å². The normalized spacial score (nSPS) is 13.7. The van der Waals surface area contributed by atoms with Gasteiger partial charge >= 0.3 is 12.1 Å². The van der Waals surface area contributed by atoms with Gasteiger partial charge in [0, 0.05) is 11.6 Å². The quantitative estimate of drug-likeness (QED) is 0.619. The highest BCUT2D eigenvalue weighted by Crippen LogP contribution is 2.44. The molecular formula is C11H4ClF5N4S. The third-order valence-corrected chi connectivity index (χ3v) is 3.61. The molecule has 1 unspecified atom stereocenters. The van der Waals surface area contributed by atoms with E-state index in [9.17, 15) is 22.0 Å². The number of rotatable bonds is 3. The lowest BCUT2D eigenvalue weighted by molar-refractivity contribution is -0.290. The summed E-state index contributed by atoms with van der Waals surface area (Å²) in [5.41, 5.74) is -1.40. The van der Waals surface area contributed by atoms with Gasteiger partial charge in [-0.2, -0.15) is 27.2 Å². The van der Waals surface area contributed by atoms with Gasteiger partial charge < -0.3 is 0 Å². The van der Waals surface area contributed by atoms with E-state index in [0.717, 1.165) is 0 Å². The third-order valence-electron chi connectivity index (χ3n) is 2.52. The van der Waals surface area contributed by atoms with E-state index in [1.165, 1.54) is 12.3 Å². The van der Waals surface area contributed by atoms with E-state index in [2.05, 4.69) is 15.0 Å². The number of thiazole rings is 1. The summed E-state index contributed by atoms with van der Waals surface area (Å²) < 4.78 is 63.3. The number of hydrogen-bond acceptors (Lipinski definition) is 5. The van der Waals surface area contributed by atoms with Crippen molar-refractivity contribution in [2.75, 3.05) is 0 Å². The highest BCUT2D eigenvalue weighted by atomic mass is 35.5. The molecule has 0 radical (unpaired) electrons. The van der Waals surface area contributed by atoms with Crippen molar-refractivity contribution in [1.29, 1.82) is 5.26 Å². The van der Waals surface area contributed by atoms with Crippen molar-refractivity contribution >= 4 is 22.9 Å². The van der Waals surface area contributed by atoms with E-state index < -0.39 is 23.7 Å². The Balaban J connectivity index is 2.40. The average Bonchev–Trinajstić information content (AvgIpc) is 2.88. The van der Waals surface area contributed by atoms with E-state index in [1.54, 1.807) is 6.07 Å². The molecule has 0 aliphatic heterocycles. The zero-order valence-corrected chi connectivity index (χ0v) is 11.8. The Morgan fingerprint density at radius 1 is 1.23 bits per heavy atom. The highest BCUT2D eigenvalue weighted by molar-refractivity contribution is 7.09. The van der Waals surface area contributed by atoms with Crippen LogP contribution < -0.4 is 0 Å². The molecule has 4 nitrogen and oxygen atoms in total. The summed E-state index contributed by atoms with van der Waals surface area (Å²) in [5.74, 6) is -6.31. The Hall–Kier alpha value is -1.86. The summed E-state index contributed by atoms with van der Waals surface area (Å²) in [6.07, 6.45) is -4.54. The van der Waals surface area contributed by atoms with Gasteiger partial charge in [0.05, 0.1) is 11.8 Å². The molecule has 2 aromatic rings. The molecule has 1 atom stereocenters. The standard InChI is InChI=1S/C11H4ClF5N4S/c12-9-19-2-1-6(20-9)5(3-18)8-21-7(4-22-8)10(13,14)11(15,16)17/h1-2,4-5H. The average molecular weight is 355 g/mol. The van der Waals surface area contributed by atoms with Crippen LogP contribution in [0.4, 0.5) is 22.0 Å². The molecule has 0 saturated heterocycles. The van der Waals surface area contributed by atoms with Crippen LogP contribution in [0.5, 0.6) is 0 Å². The first-order chi connectivity index (χ1) is 10.2. The minimum Gasteiger partial charge on any atom is -0.238 e. The van der Waals surface area contributed by atoms with Gasteiger partial charge in [0.15, 0.2) is 0 Å². The summed E-state index contributed by atoms with van der Waals surface area (Å²) in [5, 5.41) is 9.24. The van der Waals surface area contributed by atoms with Gasteiger partial charge in [-0.1, -0.05) is 0 Å². The molecular weight excluding hydrogens is 351 g/mol. The fourth-order valence-electron chi connectivity index (χ4n) is 1.47. The fourth-order valence-corrected chi connectivity index (χ4v) is 2.51. The maximum Gasteiger partial charge on any atom is 0.459 e. The number of nitriles is 1. The predicted octanol–water partition coefficient (Wildman–Crippen LogP) is 3.90. The molecule has 0 N–H and O–H groups in total. The van der Waals surface area contributed by atoms with E-state index in [4.69, 9.17) is 16.9 Å². The minimum absolute atomic E-state index is 0.0544. The van der Waals surface area contributed by atoms with Crippen molar-refractivity contribution in [3.05, 3.63) is 39.3 Å². The van der Waals surface area contributed by atoms with E-state index >= 15 is 0 Å². The number of halogens is 6. The van der Waals surface area contributed by atoms with Gasteiger partial charge in [-0.25, -0.2) is 15.0 Å². The molecule has 0 bridgehead atoms. The Morgan fingerprint density at radius 2 is 1.91 bits per heavy atom. The first-order valence-corrected chi connectivity index (χ1v) is 6.71. The second-order valence-electron chi connectivity index (χ2n) is 3.96. The molecule has 2 aromatic heterocycles. The lowest BCUT2D eigenvalue weighted by Crippen LogP contribution is -2.34. The zero-order valence-electron chi connectivity index (χ0n) is 10.3. The molecule has 0 aromatic carbocycles. The van der Waals surface area contributed by atoms with Gasteiger partial charge in [-0.15, -0.1) is 11.3 Å². The van der Waals surface area contributed by atoms with Gasteiger partial charge in [0.25, 0.3) is 0 Å². The van der Waals surface area contributed by atoms with Gasteiger partial charge in [-0.05, 0) is 17.7 Å². The number of hydrogen-bond donors (Lipinski definition) is 0. The summed E-state index contributed by atoms with van der Waals surface area (Å²) in [6.45, 7) is 0. The number of alkyl halides is 5. The second-order valence-corrected chi connectivity index (χ2v) is 5.18. The molecule has 0 saturated carbocycles. The van der Waals surface area contributed by atoms with Crippen molar-refractivity contribution in [1.82, 2.24) is 15.0 Å². The molecule has 116 valence electrons. The summed E-state index contributed by atoms with van der Waals surface area (Å²) >= 11 is 6.06. The molecule has 2 rings (SSSR count). The Bertz CT molecular complexity index is 724. The lowest BCUT2D eigenvalue weighted by atomic mass is 10.1. The van der Waals surface area contributed by atoms with Crippen LogP contribution in [0.2, 0.25) is 5.28 Å². The maximum atomic E-state index is 13.2. The van der Waals surface area contributed by atoms with Crippen LogP contribution in [-0.4, -0.2) is 21.1 Å². The largest absolute Gasteiger partial charge is 0.459 e. The summed E-state index contributed by atoms with van der Waals surface area (Å²) in [6, 6.07) is 3.03.